The first-order valence-electron chi connectivity index (χ1n) is 9.82. The van der Waals surface area contributed by atoms with Crippen molar-refractivity contribution < 1.29 is 14.7 Å². The fourth-order valence-electron chi connectivity index (χ4n) is 3.80. The summed E-state index contributed by atoms with van der Waals surface area (Å²) < 4.78 is 0. The summed E-state index contributed by atoms with van der Waals surface area (Å²) >= 11 is 0. The summed E-state index contributed by atoms with van der Waals surface area (Å²) in [7, 11) is 0. The van der Waals surface area contributed by atoms with Crippen LogP contribution in [0.25, 0.3) is 10.9 Å². The van der Waals surface area contributed by atoms with Crippen molar-refractivity contribution in [1.82, 2.24) is 9.88 Å². The Bertz CT molecular complexity index is 1120. The Morgan fingerprint density at radius 1 is 1.10 bits per heavy atom. The number of hydrogen-bond donors (Lipinski definition) is 3. The van der Waals surface area contributed by atoms with Crippen LogP contribution in [-0.4, -0.2) is 46.0 Å². The number of benzene rings is 2. The highest BCUT2D eigenvalue weighted by atomic mass is 16.3. The molecule has 0 unspecified atom stereocenters. The first-order chi connectivity index (χ1) is 13.8. The maximum Gasteiger partial charge on any atom is 0.255 e. The lowest BCUT2D eigenvalue weighted by Gasteiger charge is -2.17. The maximum absolute atomic E-state index is 12.9. The van der Waals surface area contributed by atoms with Gasteiger partial charge in [-0.05, 0) is 68.7 Å². The van der Waals surface area contributed by atoms with E-state index in [1.807, 2.05) is 39.0 Å². The second-order valence-electron chi connectivity index (χ2n) is 7.81. The third kappa shape index (κ3) is 3.63. The van der Waals surface area contributed by atoms with E-state index in [9.17, 15) is 14.7 Å². The maximum atomic E-state index is 12.9. The zero-order valence-electron chi connectivity index (χ0n) is 16.9. The van der Waals surface area contributed by atoms with Crippen LogP contribution in [0.3, 0.4) is 0 Å². The molecular formula is C23H25N3O3. The molecule has 1 saturated heterocycles. The Morgan fingerprint density at radius 3 is 2.59 bits per heavy atom. The van der Waals surface area contributed by atoms with E-state index in [1.165, 1.54) is 0 Å². The number of likely N-dealkylation sites (tertiary alicyclic amines) is 1. The number of nitrogens with zero attached hydrogens (tertiary/aromatic N) is 1. The number of carbonyl (C=O) groups is 2. The first kappa shape index (κ1) is 19.2. The number of aryl methyl sites for hydroxylation is 3. The minimum absolute atomic E-state index is 0.128. The van der Waals surface area contributed by atoms with Gasteiger partial charge in [-0.3, -0.25) is 9.59 Å². The normalized spacial score (nSPS) is 16.4. The third-order valence-electron chi connectivity index (χ3n) is 5.75. The molecule has 1 fully saturated rings. The van der Waals surface area contributed by atoms with Crippen LogP contribution in [0.1, 0.15) is 44.0 Å². The molecule has 0 radical (unpaired) electrons. The largest absolute Gasteiger partial charge is 0.391 e. The van der Waals surface area contributed by atoms with E-state index in [0.717, 1.165) is 27.7 Å². The molecular weight excluding hydrogens is 366 g/mol. The van der Waals surface area contributed by atoms with Crippen LogP contribution in [0.2, 0.25) is 0 Å². The lowest BCUT2D eigenvalue weighted by Crippen LogP contribution is -2.29. The van der Waals surface area contributed by atoms with E-state index in [1.54, 1.807) is 23.1 Å². The first-order valence-corrected chi connectivity index (χ1v) is 9.82. The number of anilines is 1. The lowest BCUT2D eigenvalue weighted by molar-refractivity contribution is 0.0764. The van der Waals surface area contributed by atoms with Crippen molar-refractivity contribution in [2.75, 3.05) is 18.4 Å². The Balaban J connectivity index is 1.58. The summed E-state index contributed by atoms with van der Waals surface area (Å²) in [5.74, 6) is -0.341. The SMILES string of the molecule is Cc1ccc(C(=O)N2CC[C@@H](O)C2)cc1NC(=O)c1ccc2[nH]c(C)c(C)c2c1. The molecule has 4 rings (SSSR count). The minimum Gasteiger partial charge on any atom is -0.391 e. The number of aromatic nitrogens is 1. The van der Waals surface area contributed by atoms with Crippen molar-refractivity contribution in [2.24, 2.45) is 0 Å². The predicted octanol–water partition coefficient (Wildman–Crippen LogP) is 3.55. The van der Waals surface area contributed by atoms with Gasteiger partial charge in [0.1, 0.15) is 0 Å². The molecule has 0 bridgehead atoms. The summed E-state index contributed by atoms with van der Waals surface area (Å²) in [4.78, 5) is 30.5. The standard InChI is InChI=1S/C23H25N3O3/c1-13-4-5-17(23(29)26-9-8-18(27)12-26)11-21(13)25-22(28)16-6-7-20-19(10-16)14(2)15(3)24-20/h4-7,10-11,18,24,27H,8-9,12H2,1-3H3,(H,25,28)/t18-/m1/s1. The number of hydrogen-bond acceptors (Lipinski definition) is 3. The van der Waals surface area contributed by atoms with Crippen LogP contribution < -0.4 is 5.32 Å². The number of rotatable bonds is 3. The van der Waals surface area contributed by atoms with E-state index in [-0.39, 0.29) is 11.8 Å². The summed E-state index contributed by atoms with van der Waals surface area (Å²) in [6, 6.07) is 10.9. The molecule has 1 aliphatic rings. The molecule has 6 heteroatoms. The predicted molar refractivity (Wildman–Crippen MR) is 113 cm³/mol. The molecule has 0 saturated carbocycles. The number of aliphatic hydroxyl groups excluding tert-OH is 1. The number of amides is 2. The number of H-pyrrole nitrogens is 1. The van der Waals surface area contributed by atoms with E-state index in [0.29, 0.717) is 36.3 Å². The molecule has 1 atom stereocenters. The van der Waals surface area contributed by atoms with Crippen molar-refractivity contribution in [3.63, 3.8) is 0 Å². The molecule has 2 amide bonds. The third-order valence-corrected chi connectivity index (χ3v) is 5.75. The number of β-amino-alcohol motifs (C(OH)–C–C–N with tert-alkyl or cyclic N) is 1. The zero-order valence-corrected chi connectivity index (χ0v) is 16.9. The minimum atomic E-state index is -0.459. The average molecular weight is 391 g/mol. The Labute approximate surface area is 169 Å². The summed E-state index contributed by atoms with van der Waals surface area (Å²) in [5, 5.41) is 13.7. The van der Waals surface area contributed by atoms with Gasteiger partial charge in [0.2, 0.25) is 0 Å². The van der Waals surface area contributed by atoms with Gasteiger partial charge in [0, 0.05) is 46.5 Å². The van der Waals surface area contributed by atoms with E-state index in [4.69, 9.17) is 0 Å². The highest BCUT2D eigenvalue weighted by molar-refractivity contribution is 6.07. The summed E-state index contributed by atoms with van der Waals surface area (Å²) in [6.45, 7) is 6.84. The molecule has 29 heavy (non-hydrogen) atoms. The zero-order chi connectivity index (χ0) is 20.7. The second-order valence-corrected chi connectivity index (χ2v) is 7.81. The van der Waals surface area contributed by atoms with Gasteiger partial charge >= 0.3 is 0 Å². The van der Waals surface area contributed by atoms with Crippen LogP contribution in [0, 0.1) is 20.8 Å². The molecule has 2 aromatic carbocycles. The Hall–Kier alpha value is -3.12. The van der Waals surface area contributed by atoms with Crippen LogP contribution >= 0.6 is 0 Å². The molecule has 0 aliphatic carbocycles. The van der Waals surface area contributed by atoms with Crippen LogP contribution in [0.5, 0.6) is 0 Å². The van der Waals surface area contributed by atoms with E-state index in [2.05, 4.69) is 10.3 Å². The quantitative estimate of drug-likeness (QED) is 0.638. The molecule has 0 spiro atoms. The molecule has 1 aromatic heterocycles. The van der Waals surface area contributed by atoms with Crippen molar-refractivity contribution in [3.05, 3.63) is 64.3 Å². The molecule has 3 N–H and O–H groups in total. The van der Waals surface area contributed by atoms with Crippen LogP contribution in [-0.2, 0) is 0 Å². The highest BCUT2D eigenvalue weighted by Gasteiger charge is 2.25. The summed E-state index contributed by atoms with van der Waals surface area (Å²) in [5.41, 5.74) is 5.80. The fraction of sp³-hybridized carbons (Fsp3) is 0.304. The molecule has 150 valence electrons. The number of aliphatic hydroxyl groups is 1. The number of fused-ring (bicyclic) bond motifs is 1. The Kier molecular flexibility index (Phi) is 4.88. The summed E-state index contributed by atoms with van der Waals surface area (Å²) in [6.07, 6.45) is 0.140. The van der Waals surface area contributed by atoms with Crippen LogP contribution in [0.4, 0.5) is 5.69 Å². The highest BCUT2D eigenvalue weighted by Crippen LogP contribution is 2.24. The van der Waals surface area contributed by atoms with Crippen molar-refractivity contribution >= 4 is 28.4 Å². The van der Waals surface area contributed by atoms with Gasteiger partial charge < -0.3 is 20.3 Å². The number of carbonyl (C=O) groups excluding carboxylic acids is 2. The van der Waals surface area contributed by atoms with Gasteiger partial charge in [0.15, 0.2) is 0 Å². The fourth-order valence-corrected chi connectivity index (χ4v) is 3.80. The molecule has 1 aliphatic heterocycles. The molecule has 2 heterocycles. The number of aromatic amines is 1. The van der Waals surface area contributed by atoms with Crippen LogP contribution in [0.15, 0.2) is 36.4 Å². The van der Waals surface area contributed by atoms with Gasteiger partial charge in [-0.1, -0.05) is 6.07 Å². The average Bonchev–Trinajstić information content (AvgIpc) is 3.26. The van der Waals surface area contributed by atoms with Crippen molar-refractivity contribution in [2.45, 2.75) is 33.3 Å². The van der Waals surface area contributed by atoms with Gasteiger partial charge in [-0.25, -0.2) is 0 Å². The number of nitrogens with one attached hydrogen (secondary N) is 2. The van der Waals surface area contributed by atoms with Gasteiger partial charge in [0.05, 0.1) is 6.10 Å². The smallest absolute Gasteiger partial charge is 0.255 e. The topological polar surface area (TPSA) is 85.4 Å². The second kappa shape index (κ2) is 7.37. The molecule has 3 aromatic rings. The van der Waals surface area contributed by atoms with Gasteiger partial charge in [-0.2, -0.15) is 0 Å². The van der Waals surface area contributed by atoms with Gasteiger partial charge in [0.25, 0.3) is 11.8 Å². The van der Waals surface area contributed by atoms with Crippen molar-refractivity contribution in [3.8, 4) is 0 Å². The molecule has 6 nitrogen and oxygen atoms in total. The van der Waals surface area contributed by atoms with E-state index >= 15 is 0 Å². The van der Waals surface area contributed by atoms with Crippen molar-refractivity contribution in [1.29, 1.82) is 0 Å². The Morgan fingerprint density at radius 2 is 1.86 bits per heavy atom. The van der Waals surface area contributed by atoms with Gasteiger partial charge in [-0.15, -0.1) is 0 Å². The lowest BCUT2D eigenvalue weighted by atomic mass is 10.1. The monoisotopic (exact) mass is 391 g/mol. The van der Waals surface area contributed by atoms with E-state index < -0.39 is 6.10 Å².